The summed E-state index contributed by atoms with van der Waals surface area (Å²) in [4.78, 5) is 3.80. The molecule has 0 spiro atoms. The summed E-state index contributed by atoms with van der Waals surface area (Å²) in [7, 11) is 1.32. The summed E-state index contributed by atoms with van der Waals surface area (Å²) in [6, 6.07) is 8.67. The fourth-order valence-electron chi connectivity index (χ4n) is 1.61. The number of nitrogens with zero attached hydrogens (tertiary/aromatic N) is 1. The van der Waals surface area contributed by atoms with E-state index in [2.05, 4.69) is 20.9 Å². The molecule has 2 nitrogen and oxygen atoms in total. The van der Waals surface area contributed by atoms with Gasteiger partial charge in [0, 0.05) is 16.2 Å². The smallest absolute Gasteiger partial charge is 0.303 e. The summed E-state index contributed by atoms with van der Waals surface area (Å²) in [6.45, 7) is 0. The van der Waals surface area contributed by atoms with Crippen molar-refractivity contribution < 1.29 is 13.5 Å². The van der Waals surface area contributed by atoms with Crippen LogP contribution >= 0.6 is 15.9 Å². The zero-order valence-corrected chi connectivity index (χ0v) is 11.1. The number of hydrogen-bond donors (Lipinski definition) is 0. The first-order valence-electron chi connectivity index (χ1n) is 5.19. The van der Waals surface area contributed by atoms with Crippen molar-refractivity contribution in [1.29, 1.82) is 0 Å². The monoisotopic (exact) mass is 313 g/mol. The van der Waals surface area contributed by atoms with E-state index in [4.69, 9.17) is 4.74 Å². The number of benzene rings is 1. The van der Waals surface area contributed by atoms with Crippen molar-refractivity contribution >= 4 is 15.9 Å². The lowest BCUT2D eigenvalue weighted by Crippen LogP contribution is -2.16. The molecule has 0 aliphatic heterocycles. The van der Waals surface area contributed by atoms with Crippen LogP contribution in [0.3, 0.4) is 0 Å². The normalized spacial score (nSPS) is 11.3. The Morgan fingerprint density at radius 2 is 1.83 bits per heavy atom. The van der Waals surface area contributed by atoms with Gasteiger partial charge in [-0.15, -0.1) is 0 Å². The van der Waals surface area contributed by atoms with Gasteiger partial charge in [-0.2, -0.15) is 8.78 Å². The van der Waals surface area contributed by atoms with Crippen molar-refractivity contribution in [1.82, 2.24) is 4.98 Å². The standard InChI is InChI=1S/C13H10BrF2NO/c1-18-12-11(3-2-8-17-12)13(15,16)9-4-6-10(14)7-5-9/h2-8H,1H3. The quantitative estimate of drug-likeness (QED) is 0.854. The molecule has 0 bridgehead atoms. The SMILES string of the molecule is COc1ncccc1C(F)(F)c1ccc(Br)cc1. The third-order valence-corrected chi connectivity index (χ3v) is 3.04. The van der Waals surface area contributed by atoms with Crippen LogP contribution in [0.5, 0.6) is 5.88 Å². The van der Waals surface area contributed by atoms with E-state index in [0.29, 0.717) is 0 Å². The Kier molecular flexibility index (Phi) is 3.61. The fraction of sp³-hybridized carbons (Fsp3) is 0.154. The summed E-state index contributed by atoms with van der Waals surface area (Å²) < 4.78 is 34.3. The molecule has 0 fully saturated rings. The second kappa shape index (κ2) is 5.02. The average Bonchev–Trinajstić information content (AvgIpc) is 2.39. The molecule has 0 aliphatic rings. The highest BCUT2D eigenvalue weighted by Crippen LogP contribution is 2.39. The summed E-state index contributed by atoms with van der Waals surface area (Å²) in [5, 5.41) is 0. The van der Waals surface area contributed by atoms with Crippen molar-refractivity contribution in [2.75, 3.05) is 7.11 Å². The summed E-state index contributed by atoms with van der Waals surface area (Å²) in [5.74, 6) is -3.20. The van der Waals surface area contributed by atoms with Crippen LogP contribution in [0, 0.1) is 0 Å². The van der Waals surface area contributed by atoms with E-state index in [1.54, 1.807) is 12.1 Å². The zero-order chi connectivity index (χ0) is 13.2. The lowest BCUT2D eigenvalue weighted by atomic mass is 10.0. The predicted octanol–water partition coefficient (Wildman–Crippen LogP) is 3.99. The Bertz CT molecular complexity index is 543. The molecule has 2 rings (SSSR count). The van der Waals surface area contributed by atoms with Crippen molar-refractivity contribution in [3.8, 4) is 5.88 Å². The Morgan fingerprint density at radius 1 is 1.17 bits per heavy atom. The summed E-state index contributed by atoms with van der Waals surface area (Å²) >= 11 is 3.21. The van der Waals surface area contributed by atoms with Crippen molar-refractivity contribution in [2.45, 2.75) is 5.92 Å². The Labute approximate surface area is 112 Å². The van der Waals surface area contributed by atoms with Crippen molar-refractivity contribution in [2.24, 2.45) is 0 Å². The first kappa shape index (κ1) is 13.0. The van der Waals surface area contributed by atoms with Crippen LogP contribution < -0.4 is 4.74 Å². The van der Waals surface area contributed by atoms with E-state index in [-0.39, 0.29) is 17.0 Å². The number of rotatable bonds is 3. The van der Waals surface area contributed by atoms with Gasteiger partial charge in [-0.25, -0.2) is 4.98 Å². The molecule has 94 valence electrons. The van der Waals surface area contributed by atoms with Gasteiger partial charge in [-0.1, -0.05) is 28.1 Å². The minimum absolute atomic E-state index is 0.0644. The van der Waals surface area contributed by atoms with Gasteiger partial charge in [0.25, 0.3) is 0 Å². The first-order valence-corrected chi connectivity index (χ1v) is 5.98. The summed E-state index contributed by atoms with van der Waals surface area (Å²) in [5.41, 5.74) is -0.341. The Morgan fingerprint density at radius 3 is 2.44 bits per heavy atom. The molecule has 2 aromatic rings. The van der Waals surface area contributed by atoms with Crippen LogP contribution in [-0.4, -0.2) is 12.1 Å². The molecule has 5 heteroatoms. The molecule has 0 N–H and O–H groups in total. The van der Waals surface area contributed by atoms with Crippen LogP contribution in [-0.2, 0) is 5.92 Å². The second-order valence-corrected chi connectivity index (χ2v) is 4.56. The maximum Gasteiger partial charge on any atom is 0.303 e. The molecule has 0 amide bonds. The van der Waals surface area contributed by atoms with Gasteiger partial charge in [0.2, 0.25) is 5.88 Å². The maximum absolute atomic E-state index is 14.3. The largest absolute Gasteiger partial charge is 0.481 e. The number of alkyl halides is 2. The van der Waals surface area contributed by atoms with Crippen molar-refractivity contribution in [3.05, 3.63) is 58.2 Å². The third-order valence-electron chi connectivity index (χ3n) is 2.51. The van der Waals surface area contributed by atoms with Crippen LogP contribution in [0.2, 0.25) is 0 Å². The number of ether oxygens (including phenoxy) is 1. The molecule has 18 heavy (non-hydrogen) atoms. The van der Waals surface area contributed by atoms with Gasteiger partial charge in [0.05, 0.1) is 12.7 Å². The highest BCUT2D eigenvalue weighted by molar-refractivity contribution is 9.10. The number of aromatic nitrogens is 1. The maximum atomic E-state index is 14.3. The average molecular weight is 314 g/mol. The fourth-order valence-corrected chi connectivity index (χ4v) is 1.87. The molecule has 0 saturated carbocycles. The van der Waals surface area contributed by atoms with Gasteiger partial charge < -0.3 is 4.74 Å². The van der Waals surface area contributed by atoms with E-state index >= 15 is 0 Å². The number of halogens is 3. The van der Waals surface area contributed by atoms with E-state index in [1.165, 1.54) is 37.6 Å². The number of methoxy groups -OCH3 is 1. The molecular formula is C13H10BrF2NO. The number of hydrogen-bond acceptors (Lipinski definition) is 2. The minimum atomic E-state index is -3.14. The van der Waals surface area contributed by atoms with Gasteiger partial charge in [0.15, 0.2) is 0 Å². The minimum Gasteiger partial charge on any atom is -0.481 e. The molecule has 0 radical (unpaired) electrons. The first-order chi connectivity index (χ1) is 8.55. The molecule has 0 atom stereocenters. The molecule has 1 aromatic heterocycles. The summed E-state index contributed by atoms with van der Waals surface area (Å²) in [6.07, 6.45) is 1.42. The Balaban J connectivity index is 2.50. The van der Waals surface area contributed by atoms with Crippen LogP contribution in [0.25, 0.3) is 0 Å². The van der Waals surface area contributed by atoms with Gasteiger partial charge in [-0.05, 0) is 24.3 Å². The van der Waals surface area contributed by atoms with E-state index in [1.807, 2.05) is 0 Å². The molecule has 0 unspecified atom stereocenters. The second-order valence-electron chi connectivity index (χ2n) is 3.64. The molecule has 1 heterocycles. The topological polar surface area (TPSA) is 22.1 Å². The van der Waals surface area contributed by atoms with Gasteiger partial charge >= 0.3 is 5.92 Å². The third kappa shape index (κ3) is 2.36. The molecular weight excluding hydrogens is 304 g/mol. The molecule has 0 aliphatic carbocycles. The molecule has 1 aromatic carbocycles. The van der Waals surface area contributed by atoms with E-state index in [0.717, 1.165) is 4.47 Å². The van der Waals surface area contributed by atoms with Crippen molar-refractivity contribution in [3.63, 3.8) is 0 Å². The zero-order valence-electron chi connectivity index (χ0n) is 9.53. The van der Waals surface area contributed by atoms with Gasteiger partial charge in [0.1, 0.15) is 0 Å². The van der Waals surface area contributed by atoms with E-state index in [9.17, 15) is 8.78 Å². The van der Waals surface area contributed by atoms with Crippen LogP contribution in [0.1, 0.15) is 11.1 Å². The highest BCUT2D eigenvalue weighted by atomic mass is 79.9. The number of pyridine rings is 1. The Hall–Kier alpha value is -1.49. The van der Waals surface area contributed by atoms with E-state index < -0.39 is 5.92 Å². The molecule has 0 saturated heterocycles. The van der Waals surface area contributed by atoms with Crippen LogP contribution in [0.4, 0.5) is 8.78 Å². The lowest BCUT2D eigenvalue weighted by Gasteiger charge is -2.18. The van der Waals surface area contributed by atoms with Gasteiger partial charge in [-0.3, -0.25) is 0 Å². The lowest BCUT2D eigenvalue weighted by molar-refractivity contribution is 0.0395. The highest BCUT2D eigenvalue weighted by Gasteiger charge is 2.37. The predicted molar refractivity (Wildman–Crippen MR) is 67.9 cm³/mol. The van der Waals surface area contributed by atoms with Crippen LogP contribution in [0.15, 0.2) is 47.1 Å².